The lowest BCUT2D eigenvalue weighted by atomic mass is 9.92. The summed E-state index contributed by atoms with van der Waals surface area (Å²) < 4.78 is 10.6. The molecule has 7 heteroatoms. The second-order valence-electron chi connectivity index (χ2n) is 4.24. The van der Waals surface area contributed by atoms with Crippen LogP contribution in [0.5, 0.6) is 0 Å². The molecule has 0 amide bonds. The third kappa shape index (κ3) is 2.94. The Kier molecular flexibility index (Phi) is 5.14. The quantitative estimate of drug-likeness (QED) is 0.630. The van der Waals surface area contributed by atoms with Crippen LogP contribution in [0.25, 0.3) is 5.57 Å². The fraction of sp³-hybridized carbons (Fsp3) is 0.125. The minimum atomic E-state index is 0.0858. The van der Waals surface area contributed by atoms with E-state index in [1.807, 2.05) is 30.3 Å². The van der Waals surface area contributed by atoms with Gasteiger partial charge in [0.1, 0.15) is 10.7 Å². The van der Waals surface area contributed by atoms with E-state index in [1.54, 1.807) is 12.4 Å². The number of ether oxygens (including phenoxy) is 2. The van der Waals surface area contributed by atoms with E-state index in [4.69, 9.17) is 31.6 Å². The summed E-state index contributed by atoms with van der Waals surface area (Å²) in [6, 6.07) is 9.12. The van der Waals surface area contributed by atoms with E-state index in [2.05, 4.69) is 9.98 Å². The van der Waals surface area contributed by atoms with Gasteiger partial charge in [0, 0.05) is 0 Å². The van der Waals surface area contributed by atoms with Crippen molar-refractivity contribution in [1.29, 1.82) is 10.5 Å². The fourth-order valence-corrected chi connectivity index (χ4v) is 2.52. The molecule has 114 valence electrons. The van der Waals surface area contributed by atoms with E-state index in [9.17, 15) is 0 Å². The van der Waals surface area contributed by atoms with E-state index in [-0.39, 0.29) is 28.0 Å². The number of rotatable bonds is 3. The topological polar surface area (TPSA) is 90.8 Å². The van der Waals surface area contributed by atoms with Crippen LogP contribution in [0.15, 0.2) is 56.9 Å². The van der Waals surface area contributed by atoms with Gasteiger partial charge in [0.25, 0.3) is 0 Å². The monoisotopic (exact) mass is 326 g/mol. The number of nitriles is 2. The molecule has 2 rings (SSSR count). The number of allylic oxidation sites excluding steroid dienone is 2. The Morgan fingerprint density at radius 2 is 1.48 bits per heavy atom. The SMILES string of the molecule is COC1=C(Cl)C(=NC#N)C(c2ccccc2)=C(OC)C1=NC#N. The first kappa shape index (κ1) is 16.3. The van der Waals surface area contributed by atoms with Crippen molar-refractivity contribution >= 4 is 28.6 Å². The first-order valence-electron chi connectivity index (χ1n) is 6.42. The third-order valence-electron chi connectivity index (χ3n) is 3.10. The molecule has 0 bridgehead atoms. The summed E-state index contributed by atoms with van der Waals surface area (Å²) in [5.41, 5.74) is 1.54. The molecule has 0 aromatic heterocycles. The highest BCUT2D eigenvalue weighted by atomic mass is 35.5. The maximum Gasteiger partial charge on any atom is 0.206 e. The van der Waals surface area contributed by atoms with Crippen molar-refractivity contribution in [1.82, 2.24) is 0 Å². The molecule has 0 radical (unpaired) electrons. The average Bonchev–Trinajstić information content (AvgIpc) is 2.58. The molecule has 1 aliphatic rings. The van der Waals surface area contributed by atoms with Crippen LogP contribution in [0, 0.1) is 22.9 Å². The van der Waals surface area contributed by atoms with Gasteiger partial charge in [-0.3, -0.25) is 0 Å². The summed E-state index contributed by atoms with van der Waals surface area (Å²) in [5.74, 6) is 0.381. The number of nitrogens with zero attached hydrogens (tertiary/aromatic N) is 4. The molecule has 0 N–H and O–H groups in total. The maximum absolute atomic E-state index is 8.98. The summed E-state index contributed by atoms with van der Waals surface area (Å²) in [6.45, 7) is 0. The van der Waals surface area contributed by atoms with Crippen molar-refractivity contribution in [2.24, 2.45) is 9.98 Å². The predicted molar refractivity (Wildman–Crippen MR) is 86.4 cm³/mol. The zero-order valence-electron chi connectivity index (χ0n) is 12.4. The molecule has 0 atom stereocenters. The van der Waals surface area contributed by atoms with Crippen molar-refractivity contribution < 1.29 is 9.47 Å². The molecule has 0 spiro atoms. The first-order chi connectivity index (χ1) is 11.2. The number of hydrogen-bond acceptors (Lipinski definition) is 6. The Morgan fingerprint density at radius 3 is 2.00 bits per heavy atom. The Morgan fingerprint density at radius 1 is 0.913 bits per heavy atom. The van der Waals surface area contributed by atoms with Crippen molar-refractivity contribution in [2.75, 3.05) is 14.2 Å². The van der Waals surface area contributed by atoms with Crippen LogP contribution in [0.1, 0.15) is 5.56 Å². The number of methoxy groups -OCH3 is 2. The Bertz CT molecular complexity index is 824. The van der Waals surface area contributed by atoms with Gasteiger partial charge in [0.15, 0.2) is 17.2 Å². The van der Waals surface area contributed by atoms with Crippen molar-refractivity contribution in [3.05, 3.63) is 52.4 Å². The molecule has 1 aromatic carbocycles. The van der Waals surface area contributed by atoms with Crippen LogP contribution in [-0.2, 0) is 9.47 Å². The summed E-state index contributed by atoms with van der Waals surface area (Å²) in [5, 5.41) is 18.0. The van der Waals surface area contributed by atoms with Crippen LogP contribution < -0.4 is 0 Å². The standard InChI is InChI=1S/C16H11ClN4O2/c1-22-15-11(10-6-4-3-5-7-10)13(20-8-18)12(17)16(23-2)14(15)21-9-19/h3-7H,1-2H3. The first-order valence-corrected chi connectivity index (χ1v) is 6.79. The molecule has 6 nitrogen and oxygen atoms in total. The second kappa shape index (κ2) is 7.26. The number of hydrogen-bond donors (Lipinski definition) is 0. The molecule has 0 aliphatic heterocycles. The minimum Gasteiger partial charge on any atom is -0.494 e. The lowest BCUT2D eigenvalue weighted by Gasteiger charge is -2.23. The van der Waals surface area contributed by atoms with Gasteiger partial charge in [-0.15, -0.1) is 0 Å². The summed E-state index contributed by atoms with van der Waals surface area (Å²) in [7, 11) is 2.82. The smallest absolute Gasteiger partial charge is 0.206 e. The van der Waals surface area contributed by atoms with E-state index >= 15 is 0 Å². The van der Waals surface area contributed by atoms with E-state index in [1.165, 1.54) is 14.2 Å². The molecule has 0 heterocycles. The van der Waals surface area contributed by atoms with Gasteiger partial charge in [-0.1, -0.05) is 41.9 Å². The molecular formula is C16H11ClN4O2. The highest BCUT2D eigenvalue weighted by Gasteiger charge is 2.34. The number of benzene rings is 1. The van der Waals surface area contributed by atoms with Crippen molar-refractivity contribution in [3.8, 4) is 12.4 Å². The van der Waals surface area contributed by atoms with Gasteiger partial charge in [-0.05, 0) is 5.56 Å². The summed E-state index contributed by atoms with van der Waals surface area (Å²) in [4.78, 5) is 7.53. The van der Waals surface area contributed by atoms with E-state index in [0.29, 0.717) is 5.57 Å². The van der Waals surface area contributed by atoms with Crippen LogP contribution in [0.4, 0.5) is 0 Å². The maximum atomic E-state index is 8.98. The molecule has 0 saturated carbocycles. The third-order valence-corrected chi connectivity index (χ3v) is 3.45. The Labute approximate surface area is 138 Å². The lowest BCUT2D eigenvalue weighted by molar-refractivity contribution is 0.294. The predicted octanol–water partition coefficient (Wildman–Crippen LogP) is 3.00. The van der Waals surface area contributed by atoms with Crippen LogP contribution in [-0.4, -0.2) is 25.6 Å². The Hall–Kier alpha value is -3.09. The molecule has 1 aromatic rings. The van der Waals surface area contributed by atoms with Gasteiger partial charge in [-0.2, -0.15) is 20.5 Å². The number of aliphatic imine (C=N–C) groups is 2. The Balaban J connectivity index is 2.87. The van der Waals surface area contributed by atoms with Gasteiger partial charge in [0.05, 0.1) is 19.8 Å². The molecule has 0 saturated heterocycles. The zero-order valence-corrected chi connectivity index (χ0v) is 13.1. The normalized spacial score (nSPS) is 18.0. The average molecular weight is 327 g/mol. The minimum absolute atomic E-state index is 0.0858. The van der Waals surface area contributed by atoms with E-state index in [0.717, 1.165) is 5.56 Å². The van der Waals surface area contributed by atoms with Crippen LogP contribution in [0.3, 0.4) is 0 Å². The highest BCUT2D eigenvalue weighted by Crippen LogP contribution is 2.35. The van der Waals surface area contributed by atoms with Crippen LogP contribution >= 0.6 is 11.6 Å². The highest BCUT2D eigenvalue weighted by molar-refractivity contribution is 6.57. The van der Waals surface area contributed by atoms with Crippen molar-refractivity contribution in [2.45, 2.75) is 0 Å². The van der Waals surface area contributed by atoms with Gasteiger partial charge < -0.3 is 9.47 Å². The van der Waals surface area contributed by atoms with Crippen LogP contribution in [0.2, 0.25) is 0 Å². The van der Waals surface area contributed by atoms with Gasteiger partial charge in [-0.25, -0.2) is 0 Å². The largest absolute Gasteiger partial charge is 0.494 e. The second-order valence-corrected chi connectivity index (χ2v) is 4.62. The lowest BCUT2D eigenvalue weighted by Crippen LogP contribution is -2.24. The van der Waals surface area contributed by atoms with Gasteiger partial charge in [0.2, 0.25) is 12.4 Å². The van der Waals surface area contributed by atoms with Gasteiger partial charge >= 0.3 is 0 Å². The zero-order chi connectivity index (χ0) is 16.8. The molecule has 0 fully saturated rings. The molecule has 1 aliphatic carbocycles. The molecule has 0 unspecified atom stereocenters. The van der Waals surface area contributed by atoms with Crippen molar-refractivity contribution in [3.63, 3.8) is 0 Å². The fourth-order valence-electron chi connectivity index (χ4n) is 2.21. The number of halogens is 1. The van der Waals surface area contributed by atoms with E-state index < -0.39 is 0 Å². The summed E-state index contributed by atoms with van der Waals surface area (Å²) in [6.07, 6.45) is 3.42. The molecular weight excluding hydrogens is 316 g/mol. The molecule has 23 heavy (non-hydrogen) atoms. The summed E-state index contributed by atoms with van der Waals surface area (Å²) >= 11 is 6.32.